The van der Waals surface area contributed by atoms with Crippen LogP contribution in [0.1, 0.15) is 5.56 Å². The quantitative estimate of drug-likeness (QED) is 0.297. The number of likely N-dealkylation sites (N-methyl/N-ethyl adjacent to an activating group) is 1. The minimum atomic E-state index is -1.10. The molecule has 0 bridgehead atoms. The molecule has 2 unspecified atom stereocenters. The first-order valence-electron chi connectivity index (χ1n) is 11.4. The molecule has 3 amide bonds. The molecule has 1 aromatic heterocycles. The van der Waals surface area contributed by atoms with Gasteiger partial charge >= 0.3 is 12.1 Å². The minimum absolute atomic E-state index is 0.0362. The zero-order valence-electron chi connectivity index (χ0n) is 20.1. The van der Waals surface area contributed by atoms with E-state index in [1.165, 1.54) is 24.1 Å². The predicted molar refractivity (Wildman–Crippen MR) is 136 cm³/mol. The average molecular weight is 535 g/mol. The fraction of sp³-hybridized carbons (Fsp3) is 0.320. The highest BCUT2D eigenvalue weighted by molar-refractivity contribution is 6.31. The number of hydrogen-bond acceptors (Lipinski definition) is 7. The highest BCUT2D eigenvalue weighted by Gasteiger charge is 2.23. The van der Waals surface area contributed by atoms with Gasteiger partial charge in [-0.2, -0.15) is 0 Å². The average Bonchev–Trinajstić information content (AvgIpc) is 2.90. The summed E-state index contributed by atoms with van der Waals surface area (Å²) in [6, 6.07) is 12.2. The van der Waals surface area contributed by atoms with Crippen LogP contribution in [0.25, 0.3) is 10.8 Å². The molecule has 4 N–H and O–H groups in total. The van der Waals surface area contributed by atoms with Gasteiger partial charge in [0, 0.05) is 25.2 Å². The van der Waals surface area contributed by atoms with Crippen LogP contribution < -0.4 is 10.6 Å². The van der Waals surface area contributed by atoms with Gasteiger partial charge in [0.05, 0.1) is 30.9 Å². The van der Waals surface area contributed by atoms with Crippen LogP contribution in [-0.2, 0) is 16.0 Å². The van der Waals surface area contributed by atoms with Gasteiger partial charge in [0.1, 0.15) is 24.3 Å². The number of rotatable bonds is 11. The number of fused-ring (bicyclic) bond motifs is 1. The molecule has 0 aliphatic heterocycles. The predicted octanol–water partition coefficient (Wildman–Crippen LogP) is 3.16. The van der Waals surface area contributed by atoms with Crippen LogP contribution in [0.3, 0.4) is 0 Å². The Kier molecular flexibility index (Phi) is 10.4. The van der Waals surface area contributed by atoms with Crippen molar-refractivity contribution in [3.8, 4) is 0 Å². The molecule has 0 radical (unpaired) electrons. The van der Waals surface area contributed by atoms with Crippen LogP contribution >= 0.6 is 11.6 Å². The number of halogens is 2. The molecule has 0 aliphatic rings. The summed E-state index contributed by atoms with van der Waals surface area (Å²) < 4.78 is 24.4. The number of urea groups is 1. The molecule has 0 saturated heterocycles. The number of aromatic nitrogens is 1. The third-order valence-corrected chi connectivity index (χ3v) is 5.85. The lowest BCUT2D eigenvalue weighted by molar-refractivity contribution is -0.0154. The molecule has 3 aromatic rings. The van der Waals surface area contributed by atoms with Crippen molar-refractivity contribution in [3.63, 3.8) is 0 Å². The van der Waals surface area contributed by atoms with Crippen LogP contribution in [0.4, 0.5) is 19.8 Å². The van der Waals surface area contributed by atoms with Gasteiger partial charge in [-0.25, -0.2) is 19.0 Å². The number of ether oxygens (including phenoxy) is 2. The van der Waals surface area contributed by atoms with E-state index in [2.05, 4.69) is 15.6 Å². The van der Waals surface area contributed by atoms with E-state index in [9.17, 15) is 19.1 Å². The van der Waals surface area contributed by atoms with Gasteiger partial charge in [0.2, 0.25) is 0 Å². The van der Waals surface area contributed by atoms with E-state index >= 15 is 0 Å². The number of amides is 3. The lowest BCUT2D eigenvalue weighted by Crippen LogP contribution is -2.48. The first-order chi connectivity index (χ1) is 17.8. The molecule has 3 rings (SSSR count). The molecule has 10 nitrogen and oxygen atoms in total. The van der Waals surface area contributed by atoms with Crippen molar-refractivity contribution < 1.29 is 33.7 Å². The van der Waals surface area contributed by atoms with Crippen molar-refractivity contribution in [2.75, 3.05) is 38.8 Å². The van der Waals surface area contributed by atoms with Gasteiger partial charge < -0.3 is 29.9 Å². The van der Waals surface area contributed by atoms with Gasteiger partial charge in [-0.1, -0.05) is 48.0 Å². The zero-order valence-corrected chi connectivity index (χ0v) is 20.8. The summed E-state index contributed by atoms with van der Waals surface area (Å²) >= 11 is 5.94. The molecule has 1 heterocycles. The smallest absolute Gasteiger partial charge is 0.412 e. The number of carbonyl (C=O) groups is 2. The monoisotopic (exact) mass is 534 g/mol. The van der Waals surface area contributed by atoms with E-state index in [0.29, 0.717) is 11.4 Å². The number of pyridine rings is 1. The van der Waals surface area contributed by atoms with Crippen LogP contribution in [0.15, 0.2) is 54.7 Å². The summed E-state index contributed by atoms with van der Waals surface area (Å²) in [5.74, 6) is -0.309. The maximum absolute atomic E-state index is 13.7. The maximum Gasteiger partial charge on any atom is 0.412 e. The number of benzene rings is 2. The molecule has 0 fully saturated rings. The summed E-state index contributed by atoms with van der Waals surface area (Å²) in [6.45, 7) is -1.07. The van der Waals surface area contributed by atoms with E-state index in [4.69, 9.17) is 26.2 Å². The molecular formula is C25H28ClFN4O6. The first kappa shape index (κ1) is 28.1. The summed E-state index contributed by atoms with van der Waals surface area (Å²) in [5, 5.41) is 25.4. The number of anilines is 1. The third kappa shape index (κ3) is 8.25. The Hall–Kier alpha value is -3.51. The Morgan fingerprint density at radius 1 is 1.14 bits per heavy atom. The molecule has 198 valence electrons. The normalized spacial score (nSPS) is 12.6. The SMILES string of the molecule is CN(C(=O)NCc1cccc(F)c1Cl)C(COCC(O)CO)COC(=O)Nc1cc2ccccc2cn1. The minimum Gasteiger partial charge on any atom is -0.447 e. The Balaban J connectivity index is 1.59. The van der Waals surface area contributed by atoms with Gasteiger partial charge in [0.25, 0.3) is 0 Å². The van der Waals surface area contributed by atoms with E-state index in [-0.39, 0.29) is 31.4 Å². The second-order valence-corrected chi connectivity index (χ2v) is 8.53. The number of carbonyl (C=O) groups excluding carboxylic acids is 2. The molecule has 0 spiro atoms. The Morgan fingerprint density at radius 3 is 2.65 bits per heavy atom. The van der Waals surface area contributed by atoms with E-state index in [1.54, 1.807) is 18.3 Å². The number of aliphatic hydroxyl groups is 2. The largest absolute Gasteiger partial charge is 0.447 e. The second-order valence-electron chi connectivity index (χ2n) is 8.15. The fourth-order valence-corrected chi connectivity index (χ4v) is 3.47. The maximum atomic E-state index is 13.7. The topological polar surface area (TPSA) is 133 Å². The molecule has 2 aromatic carbocycles. The number of nitrogens with zero attached hydrogens (tertiary/aromatic N) is 2. The zero-order chi connectivity index (χ0) is 26.8. The standard InChI is InChI=1S/C25H28ClFN4O6/c1-31(24(34)29-11-18-7-4-8-21(27)23(18)26)19(13-36-15-20(33)12-32)14-37-25(35)30-22-9-16-5-2-3-6-17(16)10-28-22/h2-10,19-20,32-33H,11-15H2,1H3,(H,29,34)(H,28,30,35). The van der Waals surface area contributed by atoms with E-state index in [1.807, 2.05) is 24.3 Å². The molecule has 12 heteroatoms. The van der Waals surface area contributed by atoms with Crippen molar-refractivity contribution in [2.24, 2.45) is 0 Å². The summed E-state index contributed by atoms with van der Waals surface area (Å²) in [5.41, 5.74) is 0.390. The summed E-state index contributed by atoms with van der Waals surface area (Å²) in [6.07, 6.45) is -0.265. The number of hydrogen-bond donors (Lipinski definition) is 4. The van der Waals surface area contributed by atoms with Crippen molar-refractivity contribution in [3.05, 3.63) is 71.1 Å². The lowest BCUT2D eigenvalue weighted by atomic mass is 10.2. The van der Waals surface area contributed by atoms with Crippen molar-refractivity contribution in [1.29, 1.82) is 0 Å². The molecular weight excluding hydrogens is 507 g/mol. The van der Waals surface area contributed by atoms with Crippen LogP contribution in [0.5, 0.6) is 0 Å². The molecule has 37 heavy (non-hydrogen) atoms. The van der Waals surface area contributed by atoms with Crippen molar-refractivity contribution >= 4 is 40.3 Å². The molecule has 2 atom stereocenters. The lowest BCUT2D eigenvalue weighted by Gasteiger charge is -2.28. The highest BCUT2D eigenvalue weighted by atomic mass is 35.5. The van der Waals surface area contributed by atoms with Crippen molar-refractivity contribution in [2.45, 2.75) is 18.7 Å². The van der Waals surface area contributed by atoms with E-state index in [0.717, 1.165) is 10.8 Å². The molecule has 0 aliphatic carbocycles. The van der Waals surface area contributed by atoms with Gasteiger partial charge in [-0.3, -0.25) is 5.32 Å². The Morgan fingerprint density at radius 2 is 1.89 bits per heavy atom. The molecule has 0 saturated carbocycles. The number of nitrogens with one attached hydrogen (secondary N) is 2. The highest BCUT2D eigenvalue weighted by Crippen LogP contribution is 2.19. The Labute approximate surface area is 218 Å². The second kappa shape index (κ2) is 13.7. The van der Waals surface area contributed by atoms with E-state index < -0.39 is 36.7 Å². The van der Waals surface area contributed by atoms with Gasteiger partial charge in [-0.15, -0.1) is 0 Å². The van der Waals surface area contributed by atoms with Gasteiger partial charge in [0.15, 0.2) is 0 Å². The number of aliphatic hydroxyl groups excluding tert-OH is 2. The Bertz CT molecular complexity index is 1220. The summed E-state index contributed by atoms with van der Waals surface area (Å²) in [4.78, 5) is 30.6. The van der Waals surface area contributed by atoms with Gasteiger partial charge in [-0.05, 0) is 23.1 Å². The third-order valence-electron chi connectivity index (χ3n) is 5.43. The fourth-order valence-electron chi connectivity index (χ4n) is 3.28. The van der Waals surface area contributed by atoms with Crippen LogP contribution in [0, 0.1) is 5.82 Å². The van der Waals surface area contributed by atoms with Crippen LogP contribution in [-0.4, -0.2) is 77.8 Å². The summed E-state index contributed by atoms with van der Waals surface area (Å²) in [7, 11) is 1.46. The van der Waals surface area contributed by atoms with Crippen molar-refractivity contribution in [1.82, 2.24) is 15.2 Å². The van der Waals surface area contributed by atoms with Crippen LogP contribution in [0.2, 0.25) is 5.02 Å². The first-order valence-corrected chi connectivity index (χ1v) is 11.7.